The molecule has 0 spiro atoms. The molecule has 0 aliphatic carbocycles. The van der Waals surface area contributed by atoms with Gasteiger partial charge in [-0.15, -0.1) is 0 Å². The van der Waals surface area contributed by atoms with Crippen molar-refractivity contribution in [1.82, 2.24) is 28.8 Å². The third-order valence-corrected chi connectivity index (χ3v) is 8.23. The van der Waals surface area contributed by atoms with E-state index in [4.69, 9.17) is 9.72 Å². The minimum Gasteiger partial charge on any atom is -0.478 e. The molecule has 0 fully saturated rings. The SMILES string of the molecule is Cc1c2c(=O)n(-c3nc4ccccc4s3)n(Cc3ccccc3)c2cc(=O)n1Cc1cccc(OCCCN(C)C)n1. The molecule has 0 saturated carbocycles. The number of nitrogens with zero attached hydrogens (tertiary/aromatic N) is 6. The second-order valence-electron chi connectivity index (χ2n) is 10.5. The minimum atomic E-state index is -0.211. The number of pyridine rings is 2. The first-order chi connectivity index (χ1) is 20.4. The van der Waals surface area contributed by atoms with Crippen LogP contribution in [0.25, 0.3) is 26.3 Å². The van der Waals surface area contributed by atoms with Crippen molar-refractivity contribution in [3.63, 3.8) is 0 Å². The largest absolute Gasteiger partial charge is 0.478 e. The first kappa shape index (κ1) is 27.6. The zero-order valence-electron chi connectivity index (χ0n) is 23.9. The maximum absolute atomic E-state index is 14.2. The van der Waals surface area contributed by atoms with Crippen molar-refractivity contribution in [2.24, 2.45) is 0 Å². The fourth-order valence-electron chi connectivity index (χ4n) is 5.14. The first-order valence-corrected chi connectivity index (χ1v) is 14.7. The van der Waals surface area contributed by atoms with Crippen LogP contribution in [0.4, 0.5) is 0 Å². The van der Waals surface area contributed by atoms with E-state index in [9.17, 15) is 9.59 Å². The lowest BCUT2D eigenvalue weighted by Crippen LogP contribution is -2.24. The predicted molar refractivity (Wildman–Crippen MR) is 167 cm³/mol. The normalized spacial score (nSPS) is 11.6. The second kappa shape index (κ2) is 11.8. The monoisotopic (exact) mass is 580 g/mol. The molecule has 2 aromatic carbocycles. The van der Waals surface area contributed by atoms with Crippen LogP contribution in [-0.2, 0) is 13.1 Å². The van der Waals surface area contributed by atoms with Crippen molar-refractivity contribution < 1.29 is 4.74 Å². The van der Waals surface area contributed by atoms with Gasteiger partial charge in [-0.25, -0.2) is 9.97 Å². The molecule has 10 heteroatoms. The third kappa shape index (κ3) is 5.50. The molecular weight excluding hydrogens is 548 g/mol. The molecule has 214 valence electrons. The molecule has 42 heavy (non-hydrogen) atoms. The molecular formula is C32H32N6O3S. The van der Waals surface area contributed by atoms with Crippen molar-refractivity contribution in [2.75, 3.05) is 27.2 Å². The highest BCUT2D eigenvalue weighted by Crippen LogP contribution is 2.26. The molecule has 0 aliphatic heterocycles. The summed E-state index contributed by atoms with van der Waals surface area (Å²) in [5, 5.41) is 1.05. The van der Waals surface area contributed by atoms with E-state index >= 15 is 0 Å². The molecule has 0 unspecified atom stereocenters. The smallest absolute Gasteiger partial charge is 0.283 e. The van der Waals surface area contributed by atoms with Crippen LogP contribution in [0, 0.1) is 6.92 Å². The fraction of sp³-hybridized carbons (Fsp3) is 0.250. The standard InChI is InChI=1S/C32H32N6O3S/c1-22-30-26(19-29(39)36(22)21-24-13-9-16-28(33-24)41-18-10-17-35(2)3)37(20-23-11-5-4-6-12-23)38(31(30)40)32-34-25-14-7-8-15-27(25)42-32/h4-9,11-16,19H,10,17-18,20-21H2,1-3H3. The van der Waals surface area contributed by atoms with E-state index in [-0.39, 0.29) is 17.7 Å². The Morgan fingerprint density at radius 3 is 2.48 bits per heavy atom. The first-order valence-electron chi connectivity index (χ1n) is 13.9. The Labute approximate surface area is 246 Å². The Morgan fingerprint density at radius 2 is 1.69 bits per heavy atom. The van der Waals surface area contributed by atoms with Gasteiger partial charge in [0.15, 0.2) is 0 Å². The Hall–Kier alpha value is -4.54. The summed E-state index contributed by atoms with van der Waals surface area (Å²) in [5.74, 6) is 0.519. The molecule has 0 radical (unpaired) electrons. The maximum atomic E-state index is 14.2. The van der Waals surface area contributed by atoms with Gasteiger partial charge in [-0.1, -0.05) is 59.9 Å². The summed E-state index contributed by atoms with van der Waals surface area (Å²) < 4.78 is 11.9. The molecule has 0 atom stereocenters. The van der Waals surface area contributed by atoms with Gasteiger partial charge in [0.2, 0.25) is 11.0 Å². The van der Waals surface area contributed by atoms with Gasteiger partial charge in [0.25, 0.3) is 11.1 Å². The van der Waals surface area contributed by atoms with E-state index in [1.165, 1.54) is 11.3 Å². The summed E-state index contributed by atoms with van der Waals surface area (Å²) in [5.41, 5.74) is 3.26. The highest BCUT2D eigenvalue weighted by molar-refractivity contribution is 7.20. The molecule has 4 heterocycles. The molecule has 6 aromatic rings. The topological polar surface area (TPSA) is 87.2 Å². The van der Waals surface area contributed by atoms with Crippen molar-refractivity contribution in [1.29, 1.82) is 0 Å². The predicted octanol–water partition coefficient (Wildman–Crippen LogP) is 4.69. The van der Waals surface area contributed by atoms with Gasteiger partial charge in [-0.2, -0.15) is 4.68 Å². The van der Waals surface area contributed by atoms with Crippen LogP contribution in [0.1, 0.15) is 23.4 Å². The van der Waals surface area contributed by atoms with Gasteiger partial charge < -0.3 is 14.2 Å². The van der Waals surface area contributed by atoms with Gasteiger partial charge in [0.05, 0.1) is 46.5 Å². The maximum Gasteiger partial charge on any atom is 0.283 e. The number of hydrogen-bond donors (Lipinski definition) is 0. The quantitative estimate of drug-likeness (QED) is 0.219. The van der Waals surface area contributed by atoms with E-state index in [1.807, 2.05) is 98.5 Å². The molecule has 0 saturated heterocycles. The number of para-hydroxylation sites is 1. The van der Waals surface area contributed by atoms with Crippen LogP contribution in [0.3, 0.4) is 0 Å². The molecule has 0 aliphatic rings. The molecule has 9 nitrogen and oxygen atoms in total. The minimum absolute atomic E-state index is 0.206. The number of benzene rings is 2. The van der Waals surface area contributed by atoms with E-state index in [2.05, 4.69) is 9.88 Å². The summed E-state index contributed by atoms with van der Waals surface area (Å²) in [4.78, 5) is 39.3. The van der Waals surface area contributed by atoms with Gasteiger partial charge in [-0.3, -0.25) is 14.3 Å². The molecule has 0 bridgehead atoms. The van der Waals surface area contributed by atoms with Crippen molar-refractivity contribution in [2.45, 2.75) is 26.4 Å². The Bertz CT molecular complexity index is 1950. The number of thiazole rings is 1. The number of aromatic nitrogens is 5. The number of fused-ring (bicyclic) bond motifs is 2. The lowest BCUT2D eigenvalue weighted by atomic mass is 10.2. The number of hydrogen-bond acceptors (Lipinski definition) is 7. The van der Waals surface area contributed by atoms with Crippen LogP contribution >= 0.6 is 11.3 Å². The van der Waals surface area contributed by atoms with Crippen molar-refractivity contribution in [3.8, 4) is 11.0 Å². The molecule has 6 rings (SSSR count). The van der Waals surface area contributed by atoms with Crippen LogP contribution in [0.15, 0.2) is 88.5 Å². The third-order valence-electron chi connectivity index (χ3n) is 7.21. The lowest BCUT2D eigenvalue weighted by Gasteiger charge is -2.13. The van der Waals surface area contributed by atoms with Gasteiger partial charge in [0.1, 0.15) is 0 Å². The van der Waals surface area contributed by atoms with E-state index < -0.39 is 0 Å². The van der Waals surface area contributed by atoms with Crippen molar-refractivity contribution in [3.05, 3.63) is 117 Å². The number of rotatable bonds is 10. The van der Waals surface area contributed by atoms with Gasteiger partial charge in [0, 0.05) is 24.4 Å². The summed E-state index contributed by atoms with van der Waals surface area (Å²) in [6.07, 6.45) is 0.884. The van der Waals surface area contributed by atoms with Crippen LogP contribution < -0.4 is 15.9 Å². The average molecular weight is 581 g/mol. The summed E-state index contributed by atoms with van der Waals surface area (Å²) >= 11 is 1.45. The van der Waals surface area contributed by atoms with Crippen LogP contribution in [0.2, 0.25) is 0 Å². The van der Waals surface area contributed by atoms with Gasteiger partial charge >= 0.3 is 0 Å². The Balaban J connectivity index is 1.43. The highest BCUT2D eigenvalue weighted by atomic mass is 32.1. The Kier molecular flexibility index (Phi) is 7.73. The molecule has 0 amide bonds. The van der Waals surface area contributed by atoms with Crippen LogP contribution in [-0.4, -0.2) is 56.0 Å². The van der Waals surface area contributed by atoms with E-state index in [0.29, 0.717) is 46.5 Å². The summed E-state index contributed by atoms with van der Waals surface area (Å²) in [6.45, 7) is 3.93. The highest BCUT2D eigenvalue weighted by Gasteiger charge is 2.22. The van der Waals surface area contributed by atoms with Gasteiger partial charge in [-0.05, 0) is 51.2 Å². The summed E-state index contributed by atoms with van der Waals surface area (Å²) in [7, 11) is 4.05. The van der Waals surface area contributed by atoms with E-state index in [0.717, 1.165) is 28.7 Å². The van der Waals surface area contributed by atoms with Crippen LogP contribution in [0.5, 0.6) is 5.88 Å². The van der Waals surface area contributed by atoms with Crippen molar-refractivity contribution >= 4 is 32.5 Å². The number of aryl methyl sites for hydroxylation is 1. The molecule has 0 N–H and O–H groups in total. The fourth-order valence-corrected chi connectivity index (χ4v) is 6.11. The zero-order chi connectivity index (χ0) is 29.2. The summed E-state index contributed by atoms with van der Waals surface area (Å²) in [6, 6.07) is 24.8. The average Bonchev–Trinajstić information content (AvgIpc) is 3.52. The van der Waals surface area contributed by atoms with E-state index in [1.54, 1.807) is 15.3 Å². The zero-order valence-corrected chi connectivity index (χ0v) is 24.7. The second-order valence-corrected chi connectivity index (χ2v) is 11.5. The lowest BCUT2D eigenvalue weighted by molar-refractivity contribution is 0.272. The number of ether oxygens (including phenoxy) is 1. The molecule has 4 aromatic heterocycles. The Morgan fingerprint density at radius 1 is 0.905 bits per heavy atom.